The van der Waals surface area contributed by atoms with E-state index in [4.69, 9.17) is 9.47 Å². The van der Waals surface area contributed by atoms with Crippen molar-refractivity contribution in [2.24, 2.45) is 0 Å². The van der Waals surface area contributed by atoms with Crippen LogP contribution in [-0.4, -0.2) is 19.2 Å². The van der Waals surface area contributed by atoms with Gasteiger partial charge in [0.05, 0.1) is 19.9 Å². The molecule has 3 rings (SSSR count). The van der Waals surface area contributed by atoms with Gasteiger partial charge in [-0.3, -0.25) is 0 Å². The molecule has 4 nitrogen and oxygen atoms in total. The largest absolute Gasteiger partial charge is 0.497 e. The number of pyridine rings is 1. The number of benzene rings is 2. The van der Waals surface area contributed by atoms with E-state index in [1.54, 1.807) is 44.6 Å². The molecule has 128 valence electrons. The van der Waals surface area contributed by atoms with Gasteiger partial charge in [-0.15, -0.1) is 0 Å². The van der Waals surface area contributed by atoms with E-state index in [-0.39, 0.29) is 5.56 Å². The van der Waals surface area contributed by atoms with Crippen molar-refractivity contribution in [3.05, 3.63) is 66.4 Å². The Morgan fingerprint density at radius 1 is 0.960 bits per heavy atom. The van der Waals surface area contributed by atoms with Crippen molar-refractivity contribution in [2.45, 2.75) is 0 Å². The Labute approximate surface area is 144 Å². The van der Waals surface area contributed by atoms with Gasteiger partial charge in [-0.05, 0) is 30.3 Å². The number of anilines is 2. The predicted octanol–water partition coefficient (Wildman–Crippen LogP) is 4.79. The fourth-order valence-electron chi connectivity index (χ4n) is 2.39. The van der Waals surface area contributed by atoms with E-state index in [0.717, 1.165) is 6.07 Å². The summed E-state index contributed by atoms with van der Waals surface area (Å²) in [5, 5.41) is 3.12. The van der Waals surface area contributed by atoms with E-state index in [1.165, 1.54) is 18.3 Å². The first-order valence-electron chi connectivity index (χ1n) is 7.52. The van der Waals surface area contributed by atoms with Crippen LogP contribution in [0, 0.1) is 11.6 Å². The summed E-state index contributed by atoms with van der Waals surface area (Å²) in [6, 6.07) is 12.8. The van der Waals surface area contributed by atoms with Crippen LogP contribution in [0.5, 0.6) is 11.5 Å². The van der Waals surface area contributed by atoms with Gasteiger partial charge in [0, 0.05) is 23.4 Å². The Hall–Kier alpha value is -3.15. The lowest BCUT2D eigenvalue weighted by atomic mass is 10.1. The van der Waals surface area contributed by atoms with Crippen molar-refractivity contribution in [3.63, 3.8) is 0 Å². The minimum absolute atomic E-state index is 0.168. The van der Waals surface area contributed by atoms with Gasteiger partial charge in [-0.25, -0.2) is 13.8 Å². The highest BCUT2D eigenvalue weighted by molar-refractivity contribution is 5.68. The molecular formula is C19H16F2N2O2. The van der Waals surface area contributed by atoms with Gasteiger partial charge in [0.15, 0.2) is 11.6 Å². The Balaban J connectivity index is 1.85. The molecule has 6 heteroatoms. The van der Waals surface area contributed by atoms with Crippen molar-refractivity contribution in [1.29, 1.82) is 0 Å². The van der Waals surface area contributed by atoms with Crippen LogP contribution >= 0.6 is 0 Å². The van der Waals surface area contributed by atoms with E-state index >= 15 is 0 Å². The van der Waals surface area contributed by atoms with Crippen molar-refractivity contribution < 1.29 is 18.3 Å². The molecule has 0 fully saturated rings. The van der Waals surface area contributed by atoms with Crippen LogP contribution < -0.4 is 14.8 Å². The van der Waals surface area contributed by atoms with E-state index in [0.29, 0.717) is 28.6 Å². The van der Waals surface area contributed by atoms with Crippen LogP contribution in [0.15, 0.2) is 54.7 Å². The van der Waals surface area contributed by atoms with Crippen molar-refractivity contribution in [2.75, 3.05) is 19.5 Å². The number of ether oxygens (including phenoxy) is 2. The number of nitrogens with one attached hydrogen (secondary N) is 1. The molecule has 0 radical (unpaired) electrons. The quantitative estimate of drug-likeness (QED) is 0.724. The summed E-state index contributed by atoms with van der Waals surface area (Å²) in [7, 11) is 3.14. The van der Waals surface area contributed by atoms with Crippen molar-refractivity contribution in [3.8, 4) is 22.6 Å². The molecule has 0 aliphatic rings. The Morgan fingerprint density at radius 3 is 2.48 bits per heavy atom. The second-order valence-corrected chi connectivity index (χ2v) is 5.22. The predicted molar refractivity (Wildman–Crippen MR) is 92.4 cm³/mol. The minimum Gasteiger partial charge on any atom is -0.497 e. The van der Waals surface area contributed by atoms with Crippen LogP contribution in [0.1, 0.15) is 0 Å². The lowest BCUT2D eigenvalue weighted by molar-refractivity contribution is 0.395. The summed E-state index contributed by atoms with van der Waals surface area (Å²) in [5.41, 5.74) is 1.37. The summed E-state index contributed by atoms with van der Waals surface area (Å²) >= 11 is 0. The maximum Gasteiger partial charge on any atom is 0.166 e. The average Bonchev–Trinajstić information content (AvgIpc) is 2.65. The number of aromatic nitrogens is 1. The molecule has 2 aromatic carbocycles. The molecule has 3 aromatic rings. The third-order valence-corrected chi connectivity index (χ3v) is 3.70. The highest BCUT2D eigenvalue weighted by Crippen LogP contribution is 2.31. The molecule has 0 bridgehead atoms. The van der Waals surface area contributed by atoms with Crippen molar-refractivity contribution >= 4 is 11.5 Å². The highest BCUT2D eigenvalue weighted by Gasteiger charge is 2.11. The van der Waals surface area contributed by atoms with Gasteiger partial charge < -0.3 is 14.8 Å². The molecule has 25 heavy (non-hydrogen) atoms. The van der Waals surface area contributed by atoms with Crippen LogP contribution in [0.25, 0.3) is 11.1 Å². The number of methoxy groups -OCH3 is 2. The molecule has 0 aliphatic heterocycles. The van der Waals surface area contributed by atoms with E-state index in [1.807, 2.05) is 0 Å². The lowest BCUT2D eigenvalue weighted by Crippen LogP contribution is -1.97. The van der Waals surface area contributed by atoms with E-state index in [2.05, 4.69) is 10.3 Å². The molecule has 0 saturated heterocycles. The Morgan fingerprint density at radius 2 is 1.80 bits per heavy atom. The van der Waals surface area contributed by atoms with Gasteiger partial charge in [-0.1, -0.05) is 12.1 Å². The third-order valence-electron chi connectivity index (χ3n) is 3.70. The molecule has 0 spiro atoms. The van der Waals surface area contributed by atoms with Crippen LogP contribution in [0.2, 0.25) is 0 Å². The zero-order valence-corrected chi connectivity index (χ0v) is 13.7. The number of hydrogen-bond donors (Lipinski definition) is 1. The van der Waals surface area contributed by atoms with Gasteiger partial charge in [-0.2, -0.15) is 0 Å². The summed E-state index contributed by atoms with van der Waals surface area (Å²) in [6.07, 6.45) is 1.48. The Kier molecular flexibility index (Phi) is 4.79. The number of nitrogens with zero attached hydrogens (tertiary/aromatic N) is 1. The van der Waals surface area contributed by atoms with Gasteiger partial charge in [0.25, 0.3) is 0 Å². The Bertz CT molecular complexity index is 883. The summed E-state index contributed by atoms with van der Waals surface area (Å²) in [5.74, 6) is 0.0437. The molecule has 1 aromatic heterocycles. The summed E-state index contributed by atoms with van der Waals surface area (Å²) in [6.45, 7) is 0. The summed E-state index contributed by atoms with van der Waals surface area (Å²) < 4.78 is 37.7. The fraction of sp³-hybridized carbons (Fsp3) is 0.105. The molecule has 0 atom stereocenters. The molecule has 1 N–H and O–H groups in total. The third kappa shape index (κ3) is 3.52. The first-order chi connectivity index (χ1) is 12.1. The monoisotopic (exact) mass is 342 g/mol. The SMILES string of the molecule is COc1ccc(Nc2ccc(-c3cccc(F)c3F)cn2)c(OC)c1. The smallest absolute Gasteiger partial charge is 0.166 e. The molecule has 0 aliphatic carbocycles. The zero-order valence-electron chi connectivity index (χ0n) is 13.7. The lowest BCUT2D eigenvalue weighted by Gasteiger charge is -2.12. The van der Waals surface area contributed by atoms with Gasteiger partial charge >= 0.3 is 0 Å². The number of halogens is 2. The normalized spacial score (nSPS) is 10.4. The van der Waals surface area contributed by atoms with Crippen LogP contribution in [0.4, 0.5) is 20.3 Å². The molecular weight excluding hydrogens is 326 g/mol. The molecule has 0 unspecified atom stereocenters. The van der Waals surface area contributed by atoms with Crippen LogP contribution in [-0.2, 0) is 0 Å². The summed E-state index contributed by atoms with van der Waals surface area (Å²) in [4.78, 5) is 4.25. The fourth-order valence-corrected chi connectivity index (χ4v) is 2.39. The average molecular weight is 342 g/mol. The van der Waals surface area contributed by atoms with Crippen LogP contribution in [0.3, 0.4) is 0 Å². The topological polar surface area (TPSA) is 43.4 Å². The van der Waals surface area contributed by atoms with Gasteiger partial charge in [0.2, 0.25) is 0 Å². The standard InChI is InChI=1S/C19H16F2N2O2/c1-24-13-7-8-16(17(10-13)25-2)23-18-9-6-12(11-22-18)14-4-3-5-15(20)19(14)21/h3-11H,1-2H3,(H,22,23). The maximum absolute atomic E-state index is 13.9. The van der Waals surface area contributed by atoms with E-state index in [9.17, 15) is 8.78 Å². The maximum atomic E-state index is 13.9. The molecule has 0 saturated carbocycles. The second kappa shape index (κ2) is 7.17. The molecule has 0 amide bonds. The molecule has 1 heterocycles. The number of rotatable bonds is 5. The highest BCUT2D eigenvalue weighted by atomic mass is 19.2. The zero-order chi connectivity index (χ0) is 17.8. The first kappa shape index (κ1) is 16.7. The first-order valence-corrected chi connectivity index (χ1v) is 7.52. The number of hydrogen-bond acceptors (Lipinski definition) is 4. The van der Waals surface area contributed by atoms with Crippen molar-refractivity contribution in [1.82, 2.24) is 4.98 Å². The van der Waals surface area contributed by atoms with Gasteiger partial charge in [0.1, 0.15) is 17.3 Å². The minimum atomic E-state index is -0.887. The second-order valence-electron chi connectivity index (χ2n) is 5.22. The van der Waals surface area contributed by atoms with E-state index < -0.39 is 11.6 Å².